The van der Waals surface area contributed by atoms with Crippen molar-refractivity contribution >= 4 is 11.3 Å². The van der Waals surface area contributed by atoms with Crippen molar-refractivity contribution in [1.29, 1.82) is 0 Å². The SMILES string of the molecule is CCc1ccsc1CNCC1CCCC1N. The van der Waals surface area contributed by atoms with Gasteiger partial charge in [-0.25, -0.2) is 0 Å². The molecule has 1 heterocycles. The number of nitrogens with one attached hydrogen (secondary N) is 1. The highest BCUT2D eigenvalue weighted by Gasteiger charge is 2.23. The lowest BCUT2D eigenvalue weighted by molar-refractivity contribution is 0.442. The van der Waals surface area contributed by atoms with Crippen molar-refractivity contribution in [3.05, 3.63) is 21.9 Å². The average molecular weight is 238 g/mol. The predicted molar refractivity (Wildman–Crippen MR) is 70.7 cm³/mol. The molecule has 2 rings (SSSR count). The molecule has 2 atom stereocenters. The van der Waals surface area contributed by atoms with E-state index in [0.717, 1.165) is 19.5 Å². The first-order valence-corrected chi connectivity index (χ1v) is 7.20. The lowest BCUT2D eigenvalue weighted by Gasteiger charge is -2.15. The Labute approximate surface area is 102 Å². The molecule has 2 nitrogen and oxygen atoms in total. The minimum absolute atomic E-state index is 0.432. The fourth-order valence-corrected chi connectivity index (χ4v) is 3.47. The van der Waals surface area contributed by atoms with Crippen LogP contribution in [0.3, 0.4) is 0 Å². The third-order valence-electron chi connectivity index (χ3n) is 3.63. The topological polar surface area (TPSA) is 38.0 Å². The monoisotopic (exact) mass is 238 g/mol. The van der Waals surface area contributed by atoms with Gasteiger partial charge in [0.2, 0.25) is 0 Å². The van der Waals surface area contributed by atoms with Crippen molar-refractivity contribution in [2.24, 2.45) is 11.7 Å². The fraction of sp³-hybridized carbons (Fsp3) is 0.692. The molecular formula is C13H22N2S. The summed E-state index contributed by atoms with van der Waals surface area (Å²) in [5.41, 5.74) is 7.55. The molecule has 0 amide bonds. The molecule has 90 valence electrons. The zero-order chi connectivity index (χ0) is 11.4. The summed E-state index contributed by atoms with van der Waals surface area (Å²) in [6.45, 7) is 4.32. The predicted octanol–water partition coefficient (Wildman–Crippen LogP) is 2.53. The lowest BCUT2D eigenvalue weighted by atomic mass is 10.0. The van der Waals surface area contributed by atoms with Crippen molar-refractivity contribution < 1.29 is 0 Å². The Bertz CT molecular complexity index is 321. The number of thiophene rings is 1. The minimum atomic E-state index is 0.432. The molecule has 0 spiro atoms. The van der Waals surface area contributed by atoms with Crippen LogP contribution < -0.4 is 11.1 Å². The second-order valence-corrected chi connectivity index (χ2v) is 5.71. The van der Waals surface area contributed by atoms with E-state index in [4.69, 9.17) is 5.73 Å². The van der Waals surface area contributed by atoms with Crippen molar-refractivity contribution in [2.75, 3.05) is 6.54 Å². The Kier molecular flexibility index (Phi) is 4.38. The summed E-state index contributed by atoms with van der Waals surface area (Å²) in [5, 5.41) is 5.76. The van der Waals surface area contributed by atoms with Crippen LogP contribution in [-0.4, -0.2) is 12.6 Å². The van der Waals surface area contributed by atoms with E-state index in [0.29, 0.717) is 12.0 Å². The Morgan fingerprint density at radius 3 is 3.06 bits per heavy atom. The molecular weight excluding hydrogens is 216 g/mol. The van der Waals surface area contributed by atoms with Crippen molar-refractivity contribution in [2.45, 2.75) is 45.2 Å². The minimum Gasteiger partial charge on any atom is -0.327 e. The van der Waals surface area contributed by atoms with Crippen molar-refractivity contribution in [3.8, 4) is 0 Å². The largest absolute Gasteiger partial charge is 0.327 e. The second kappa shape index (κ2) is 5.80. The van der Waals surface area contributed by atoms with Crippen LogP contribution in [0.5, 0.6) is 0 Å². The molecule has 3 N–H and O–H groups in total. The Hall–Kier alpha value is -0.380. The molecule has 2 unspecified atom stereocenters. The van der Waals surface area contributed by atoms with Gasteiger partial charge >= 0.3 is 0 Å². The van der Waals surface area contributed by atoms with Crippen LogP contribution in [-0.2, 0) is 13.0 Å². The zero-order valence-corrected chi connectivity index (χ0v) is 10.9. The van der Waals surface area contributed by atoms with Gasteiger partial charge in [-0.2, -0.15) is 0 Å². The zero-order valence-electron chi connectivity index (χ0n) is 10.0. The molecule has 0 aromatic carbocycles. The van der Waals surface area contributed by atoms with Gasteiger partial charge in [-0.05, 0) is 48.7 Å². The highest BCUT2D eigenvalue weighted by Crippen LogP contribution is 2.23. The van der Waals surface area contributed by atoms with E-state index >= 15 is 0 Å². The number of hydrogen-bond acceptors (Lipinski definition) is 3. The second-order valence-electron chi connectivity index (χ2n) is 4.71. The molecule has 16 heavy (non-hydrogen) atoms. The van der Waals surface area contributed by atoms with Gasteiger partial charge in [-0.1, -0.05) is 13.3 Å². The molecule has 0 aliphatic heterocycles. The van der Waals surface area contributed by atoms with E-state index in [-0.39, 0.29) is 0 Å². The van der Waals surface area contributed by atoms with Gasteiger partial charge < -0.3 is 11.1 Å². The maximum absolute atomic E-state index is 6.06. The molecule has 1 saturated carbocycles. The highest BCUT2D eigenvalue weighted by molar-refractivity contribution is 7.10. The first-order chi connectivity index (χ1) is 7.81. The number of rotatable bonds is 5. The maximum Gasteiger partial charge on any atom is 0.0302 e. The highest BCUT2D eigenvalue weighted by atomic mass is 32.1. The molecule has 1 aliphatic carbocycles. The van der Waals surface area contributed by atoms with Gasteiger partial charge in [0.15, 0.2) is 0 Å². The lowest BCUT2D eigenvalue weighted by Crippen LogP contribution is -2.32. The smallest absolute Gasteiger partial charge is 0.0302 e. The molecule has 1 fully saturated rings. The van der Waals surface area contributed by atoms with E-state index in [1.807, 2.05) is 11.3 Å². The molecule has 0 bridgehead atoms. The summed E-state index contributed by atoms with van der Waals surface area (Å²) in [5.74, 6) is 0.699. The summed E-state index contributed by atoms with van der Waals surface area (Å²) in [6, 6.07) is 2.67. The summed E-state index contributed by atoms with van der Waals surface area (Å²) in [4.78, 5) is 1.49. The number of nitrogens with two attached hydrogens (primary N) is 1. The summed E-state index contributed by atoms with van der Waals surface area (Å²) < 4.78 is 0. The van der Waals surface area contributed by atoms with Crippen LogP contribution in [0.1, 0.15) is 36.6 Å². The fourth-order valence-electron chi connectivity index (χ4n) is 2.53. The molecule has 0 saturated heterocycles. The third-order valence-corrected chi connectivity index (χ3v) is 4.59. The van der Waals surface area contributed by atoms with Crippen LogP contribution in [0.15, 0.2) is 11.4 Å². The Morgan fingerprint density at radius 1 is 1.50 bits per heavy atom. The van der Waals surface area contributed by atoms with E-state index in [2.05, 4.69) is 23.7 Å². The number of hydrogen-bond donors (Lipinski definition) is 2. The first-order valence-electron chi connectivity index (χ1n) is 6.32. The van der Waals surface area contributed by atoms with Gasteiger partial charge in [0, 0.05) is 17.5 Å². The quantitative estimate of drug-likeness (QED) is 0.827. The van der Waals surface area contributed by atoms with Crippen molar-refractivity contribution in [1.82, 2.24) is 5.32 Å². The standard InChI is InChI=1S/C13H22N2S/c1-2-10-6-7-16-13(10)9-15-8-11-4-3-5-12(11)14/h6-7,11-12,15H,2-5,8-9,14H2,1H3. The third kappa shape index (κ3) is 2.84. The number of aryl methyl sites for hydroxylation is 1. The Morgan fingerprint density at radius 2 is 2.38 bits per heavy atom. The van der Waals surface area contributed by atoms with E-state index in [1.165, 1.54) is 29.7 Å². The first kappa shape index (κ1) is 12.1. The molecule has 0 radical (unpaired) electrons. The summed E-state index contributed by atoms with van der Waals surface area (Å²) in [7, 11) is 0. The van der Waals surface area contributed by atoms with Gasteiger partial charge in [0.25, 0.3) is 0 Å². The van der Waals surface area contributed by atoms with Gasteiger partial charge in [0.05, 0.1) is 0 Å². The molecule has 1 aromatic heterocycles. The Balaban J connectivity index is 1.75. The molecule has 1 aliphatic rings. The van der Waals surface area contributed by atoms with Gasteiger partial charge in [-0.3, -0.25) is 0 Å². The average Bonchev–Trinajstić information content (AvgIpc) is 2.88. The summed E-state index contributed by atoms with van der Waals surface area (Å²) >= 11 is 1.86. The van der Waals surface area contributed by atoms with E-state index in [1.54, 1.807) is 0 Å². The van der Waals surface area contributed by atoms with Crippen LogP contribution in [0.4, 0.5) is 0 Å². The summed E-state index contributed by atoms with van der Waals surface area (Å²) in [6.07, 6.45) is 4.97. The van der Waals surface area contributed by atoms with Crippen LogP contribution >= 0.6 is 11.3 Å². The van der Waals surface area contributed by atoms with Crippen LogP contribution in [0.25, 0.3) is 0 Å². The van der Waals surface area contributed by atoms with Gasteiger partial charge in [-0.15, -0.1) is 11.3 Å². The van der Waals surface area contributed by atoms with Crippen LogP contribution in [0.2, 0.25) is 0 Å². The van der Waals surface area contributed by atoms with Crippen molar-refractivity contribution in [3.63, 3.8) is 0 Å². The van der Waals surface area contributed by atoms with Gasteiger partial charge in [0.1, 0.15) is 0 Å². The van der Waals surface area contributed by atoms with E-state index in [9.17, 15) is 0 Å². The molecule has 3 heteroatoms. The normalized spacial score (nSPS) is 25.1. The maximum atomic E-state index is 6.06. The molecule has 1 aromatic rings. The van der Waals surface area contributed by atoms with E-state index < -0.39 is 0 Å². The van der Waals surface area contributed by atoms with Crippen LogP contribution in [0, 0.1) is 5.92 Å².